The second kappa shape index (κ2) is 7.54. The van der Waals surface area contributed by atoms with Gasteiger partial charge in [0.15, 0.2) is 0 Å². The first-order chi connectivity index (χ1) is 12.6. The number of thioether (sulfide) groups is 1. The fourth-order valence-corrected chi connectivity index (χ4v) is 6.18. The van der Waals surface area contributed by atoms with Gasteiger partial charge in [-0.15, -0.1) is 34.4 Å². The lowest BCUT2D eigenvalue weighted by molar-refractivity contribution is -0.130. The van der Waals surface area contributed by atoms with Crippen LogP contribution < -0.4 is 5.32 Å². The van der Waals surface area contributed by atoms with Crippen LogP contribution in [0.2, 0.25) is 0 Å². The molecule has 4 rings (SSSR count). The van der Waals surface area contributed by atoms with E-state index in [4.69, 9.17) is 0 Å². The lowest BCUT2D eigenvalue weighted by Gasteiger charge is -2.14. The molecule has 0 spiro atoms. The van der Waals surface area contributed by atoms with Crippen molar-refractivity contribution in [2.45, 2.75) is 25.7 Å². The van der Waals surface area contributed by atoms with Crippen LogP contribution in [0, 0.1) is 0 Å². The Kier molecular flexibility index (Phi) is 5.15. The number of nitrogens with one attached hydrogen (secondary N) is 1. The quantitative estimate of drug-likeness (QED) is 0.773. The van der Waals surface area contributed by atoms with E-state index in [-0.39, 0.29) is 24.1 Å². The molecule has 0 aromatic carbocycles. The Bertz CT molecular complexity index is 857. The van der Waals surface area contributed by atoms with E-state index in [1.54, 1.807) is 4.90 Å². The van der Waals surface area contributed by atoms with Crippen LogP contribution in [-0.2, 0) is 22.4 Å². The molecule has 8 heteroatoms. The average Bonchev–Trinajstić information content (AvgIpc) is 3.35. The molecule has 3 heterocycles. The molecule has 136 valence electrons. The summed E-state index contributed by atoms with van der Waals surface area (Å²) in [6.45, 7) is 0.0427. The highest BCUT2D eigenvalue weighted by molar-refractivity contribution is 8.00. The summed E-state index contributed by atoms with van der Waals surface area (Å²) in [6.07, 6.45) is 4.03. The largest absolute Gasteiger partial charge is 0.323 e. The molecular weight excluding hydrogens is 388 g/mol. The van der Waals surface area contributed by atoms with Crippen LogP contribution in [0.15, 0.2) is 17.5 Å². The molecule has 1 saturated heterocycles. The van der Waals surface area contributed by atoms with E-state index in [1.165, 1.54) is 39.3 Å². The number of carbonyl (C=O) groups is 3. The third-order valence-electron chi connectivity index (χ3n) is 4.56. The highest BCUT2D eigenvalue weighted by Gasteiger charge is 2.28. The maximum Gasteiger partial charge on any atom is 0.244 e. The fraction of sp³-hybridized carbons (Fsp3) is 0.389. The molecule has 0 atom stereocenters. The summed E-state index contributed by atoms with van der Waals surface area (Å²) < 4.78 is 0. The van der Waals surface area contributed by atoms with Crippen LogP contribution >= 0.6 is 34.4 Å². The van der Waals surface area contributed by atoms with E-state index in [1.807, 2.05) is 17.5 Å². The number of anilines is 1. The van der Waals surface area contributed by atoms with Gasteiger partial charge in [-0.1, -0.05) is 6.07 Å². The minimum Gasteiger partial charge on any atom is -0.323 e. The molecule has 2 aromatic heterocycles. The topological polar surface area (TPSA) is 66.5 Å². The lowest BCUT2D eigenvalue weighted by atomic mass is 9.93. The van der Waals surface area contributed by atoms with Gasteiger partial charge in [0, 0.05) is 4.88 Å². The maximum absolute atomic E-state index is 13.0. The second-order valence-corrected chi connectivity index (χ2v) is 9.35. The Labute approximate surface area is 163 Å². The minimum absolute atomic E-state index is 0.00879. The molecule has 2 aliphatic rings. The predicted octanol–water partition coefficient (Wildman–Crippen LogP) is 3.39. The van der Waals surface area contributed by atoms with Crippen molar-refractivity contribution in [3.63, 3.8) is 0 Å². The van der Waals surface area contributed by atoms with Gasteiger partial charge in [-0.2, -0.15) is 0 Å². The monoisotopic (exact) mass is 406 g/mol. The number of hydrogen-bond acceptors (Lipinski definition) is 6. The Morgan fingerprint density at radius 2 is 2.08 bits per heavy atom. The van der Waals surface area contributed by atoms with Crippen LogP contribution in [0.25, 0.3) is 0 Å². The van der Waals surface area contributed by atoms with Crippen molar-refractivity contribution in [3.05, 3.63) is 38.4 Å². The van der Waals surface area contributed by atoms with Crippen LogP contribution in [0.4, 0.5) is 5.00 Å². The van der Waals surface area contributed by atoms with Gasteiger partial charge >= 0.3 is 0 Å². The van der Waals surface area contributed by atoms with Gasteiger partial charge in [-0.05, 0) is 42.7 Å². The molecule has 0 unspecified atom stereocenters. The number of fused-ring (bicyclic) bond motifs is 1. The molecule has 1 N–H and O–H groups in total. The van der Waals surface area contributed by atoms with E-state index < -0.39 is 0 Å². The Morgan fingerprint density at radius 1 is 1.23 bits per heavy atom. The summed E-state index contributed by atoms with van der Waals surface area (Å²) in [6, 6.07) is 3.69. The Hall–Kier alpha value is -1.64. The average molecular weight is 407 g/mol. The van der Waals surface area contributed by atoms with E-state index in [2.05, 4.69) is 5.32 Å². The van der Waals surface area contributed by atoms with E-state index in [9.17, 15) is 14.4 Å². The number of rotatable bonds is 5. The Balaban J connectivity index is 1.60. The number of thiophene rings is 2. The van der Waals surface area contributed by atoms with Gasteiger partial charge in [-0.3, -0.25) is 14.4 Å². The highest BCUT2D eigenvalue weighted by Crippen LogP contribution is 2.39. The smallest absolute Gasteiger partial charge is 0.244 e. The van der Waals surface area contributed by atoms with E-state index in [0.717, 1.165) is 31.2 Å². The zero-order valence-corrected chi connectivity index (χ0v) is 16.5. The number of carbonyl (C=O) groups excluding carboxylic acids is 3. The van der Waals surface area contributed by atoms with Gasteiger partial charge in [0.1, 0.15) is 11.5 Å². The van der Waals surface area contributed by atoms with Gasteiger partial charge in [0.25, 0.3) is 0 Å². The molecule has 1 fully saturated rings. The molecule has 2 amide bonds. The fourth-order valence-electron chi connectivity index (χ4n) is 3.30. The summed E-state index contributed by atoms with van der Waals surface area (Å²) >= 11 is 4.45. The SMILES string of the molecule is O=C(CN1CSCC1=O)Nc1sc2c(c1C(=O)c1cccs1)CCCC2. The molecular formula is C18H18N2O3S3. The molecule has 0 radical (unpaired) electrons. The highest BCUT2D eigenvalue weighted by atomic mass is 32.2. The van der Waals surface area contributed by atoms with Crippen molar-refractivity contribution in [1.82, 2.24) is 4.90 Å². The summed E-state index contributed by atoms with van der Waals surface area (Å²) in [4.78, 5) is 40.7. The third-order valence-corrected chi connectivity index (χ3v) is 7.58. The van der Waals surface area contributed by atoms with Crippen LogP contribution in [-0.4, -0.2) is 40.7 Å². The first-order valence-electron chi connectivity index (χ1n) is 8.51. The number of ketones is 1. The van der Waals surface area contributed by atoms with Crippen LogP contribution in [0.5, 0.6) is 0 Å². The third kappa shape index (κ3) is 3.45. The maximum atomic E-state index is 13.0. The van der Waals surface area contributed by atoms with Crippen molar-refractivity contribution in [2.24, 2.45) is 0 Å². The molecule has 5 nitrogen and oxygen atoms in total. The van der Waals surface area contributed by atoms with Crippen LogP contribution in [0.3, 0.4) is 0 Å². The van der Waals surface area contributed by atoms with Crippen molar-refractivity contribution in [2.75, 3.05) is 23.5 Å². The number of nitrogens with zero attached hydrogens (tertiary/aromatic N) is 1. The number of amides is 2. The van der Waals surface area contributed by atoms with Crippen molar-refractivity contribution in [1.29, 1.82) is 0 Å². The van der Waals surface area contributed by atoms with Gasteiger partial charge in [0.2, 0.25) is 17.6 Å². The zero-order valence-electron chi connectivity index (χ0n) is 14.1. The zero-order chi connectivity index (χ0) is 18.1. The van der Waals surface area contributed by atoms with Gasteiger partial charge < -0.3 is 10.2 Å². The second-order valence-electron chi connectivity index (χ2n) is 6.34. The minimum atomic E-state index is -0.236. The van der Waals surface area contributed by atoms with E-state index in [0.29, 0.717) is 27.1 Å². The number of aryl methyl sites for hydroxylation is 1. The van der Waals surface area contributed by atoms with Crippen LogP contribution in [0.1, 0.15) is 38.5 Å². The van der Waals surface area contributed by atoms with Gasteiger partial charge in [0.05, 0.1) is 22.1 Å². The standard InChI is InChI=1S/C18H18N2O3S3/c21-14(8-20-10-24-9-15(20)22)19-18-16(17(23)13-6-3-7-25-13)11-4-1-2-5-12(11)26-18/h3,6-7H,1-2,4-5,8-10H2,(H,19,21). The first kappa shape index (κ1) is 17.8. The lowest BCUT2D eigenvalue weighted by Crippen LogP contribution is -2.34. The van der Waals surface area contributed by atoms with Crippen molar-refractivity contribution in [3.8, 4) is 0 Å². The van der Waals surface area contributed by atoms with Crippen molar-refractivity contribution < 1.29 is 14.4 Å². The summed E-state index contributed by atoms with van der Waals surface area (Å²) in [7, 11) is 0. The molecule has 0 bridgehead atoms. The summed E-state index contributed by atoms with van der Waals surface area (Å²) in [5, 5.41) is 5.45. The first-order valence-corrected chi connectivity index (χ1v) is 11.4. The molecule has 1 aliphatic heterocycles. The molecule has 26 heavy (non-hydrogen) atoms. The molecule has 0 saturated carbocycles. The predicted molar refractivity (Wildman–Crippen MR) is 106 cm³/mol. The molecule has 1 aliphatic carbocycles. The summed E-state index contributed by atoms with van der Waals surface area (Å²) in [5.41, 5.74) is 1.75. The van der Waals surface area contributed by atoms with E-state index >= 15 is 0 Å². The molecule has 2 aromatic rings. The van der Waals surface area contributed by atoms with Gasteiger partial charge in [-0.25, -0.2) is 0 Å². The summed E-state index contributed by atoms with van der Waals surface area (Å²) in [5.74, 6) is 0.726. The number of hydrogen-bond donors (Lipinski definition) is 1. The Morgan fingerprint density at radius 3 is 2.81 bits per heavy atom. The normalized spacial score (nSPS) is 16.6. The van der Waals surface area contributed by atoms with Crippen molar-refractivity contribution >= 4 is 57.0 Å².